The predicted molar refractivity (Wildman–Crippen MR) is 39.8 cm³/mol. The largest absolute Gasteiger partial charge is 0.438 e. The summed E-state index contributed by atoms with van der Waals surface area (Å²) in [4.78, 5) is 0. The van der Waals surface area contributed by atoms with Crippen LogP contribution in [0.3, 0.4) is 0 Å². The molecule has 1 heterocycles. The molecule has 1 aromatic rings. The van der Waals surface area contributed by atoms with Gasteiger partial charge in [-0.05, 0) is 12.1 Å². The van der Waals surface area contributed by atoms with E-state index in [0.717, 1.165) is 0 Å². The van der Waals surface area contributed by atoms with Crippen LogP contribution in [0.1, 0.15) is 5.69 Å². The molecule has 0 unspecified atom stereocenters. The van der Waals surface area contributed by atoms with Gasteiger partial charge in [-0.15, -0.1) is 0 Å². The van der Waals surface area contributed by atoms with Gasteiger partial charge in [0.25, 0.3) is 0 Å². The average molecular weight is 192 g/mol. The zero-order valence-corrected chi connectivity index (χ0v) is 6.71. The molecule has 1 rings (SSSR count). The molecule has 0 aliphatic carbocycles. The third-order valence-electron chi connectivity index (χ3n) is 1.55. The molecule has 0 bridgehead atoms. The van der Waals surface area contributed by atoms with Gasteiger partial charge >= 0.3 is 6.18 Å². The van der Waals surface area contributed by atoms with Crippen LogP contribution in [0.2, 0.25) is 0 Å². The van der Waals surface area contributed by atoms with Gasteiger partial charge in [0.05, 0.1) is 5.69 Å². The Labute approximate surface area is 72.1 Å². The van der Waals surface area contributed by atoms with Gasteiger partial charge < -0.3 is 9.77 Å². The molecule has 0 saturated heterocycles. The molecular formula is C7H7F3N2O. The van der Waals surface area contributed by atoms with Crippen LogP contribution in [0.15, 0.2) is 23.5 Å². The van der Waals surface area contributed by atoms with Crippen LogP contribution in [-0.4, -0.2) is 21.7 Å². The Morgan fingerprint density at radius 1 is 1.54 bits per heavy atom. The van der Waals surface area contributed by atoms with Crippen molar-refractivity contribution in [2.24, 2.45) is 12.2 Å². The van der Waals surface area contributed by atoms with Crippen molar-refractivity contribution in [3.05, 3.63) is 24.0 Å². The smallest absolute Gasteiger partial charge is 0.410 e. The summed E-state index contributed by atoms with van der Waals surface area (Å²) in [5.41, 5.74) is -1.46. The highest BCUT2D eigenvalue weighted by molar-refractivity contribution is 6.03. The number of rotatable bonds is 1. The number of oxime groups is 1. The monoisotopic (exact) mass is 192 g/mol. The maximum absolute atomic E-state index is 12.2. The van der Waals surface area contributed by atoms with E-state index in [1.54, 1.807) is 0 Å². The highest BCUT2D eigenvalue weighted by Gasteiger charge is 2.38. The minimum Gasteiger partial charge on any atom is -0.410 e. The van der Waals surface area contributed by atoms with Crippen LogP contribution < -0.4 is 0 Å². The van der Waals surface area contributed by atoms with Gasteiger partial charge in [0, 0.05) is 13.2 Å². The van der Waals surface area contributed by atoms with Crippen LogP contribution in [-0.2, 0) is 7.05 Å². The highest BCUT2D eigenvalue weighted by atomic mass is 19.4. The van der Waals surface area contributed by atoms with Crippen molar-refractivity contribution in [1.29, 1.82) is 0 Å². The SMILES string of the molecule is Cn1cccc1C(=NO)C(F)(F)F. The van der Waals surface area contributed by atoms with E-state index < -0.39 is 11.9 Å². The zero-order valence-electron chi connectivity index (χ0n) is 6.71. The Morgan fingerprint density at radius 2 is 2.15 bits per heavy atom. The average Bonchev–Trinajstić information content (AvgIpc) is 2.35. The van der Waals surface area contributed by atoms with E-state index in [9.17, 15) is 13.2 Å². The molecule has 0 aliphatic rings. The second-order valence-corrected chi connectivity index (χ2v) is 2.45. The fourth-order valence-electron chi connectivity index (χ4n) is 0.960. The summed E-state index contributed by atoms with van der Waals surface area (Å²) in [6, 6.07) is 2.66. The second kappa shape index (κ2) is 3.12. The van der Waals surface area contributed by atoms with Crippen molar-refractivity contribution < 1.29 is 18.4 Å². The third-order valence-corrected chi connectivity index (χ3v) is 1.55. The normalized spacial score (nSPS) is 13.4. The molecule has 72 valence electrons. The summed E-state index contributed by atoms with van der Waals surface area (Å²) in [6.07, 6.45) is -3.20. The summed E-state index contributed by atoms with van der Waals surface area (Å²) >= 11 is 0. The van der Waals surface area contributed by atoms with Crippen LogP contribution >= 0.6 is 0 Å². The number of aryl methyl sites for hydroxylation is 1. The first-order valence-corrected chi connectivity index (χ1v) is 3.37. The number of hydrogen-bond acceptors (Lipinski definition) is 2. The molecule has 0 amide bonds. The fourth-order valence-corrected chi connectivity index (χ4v) is 0.960. The van der Waals surface area contributed by atoms with E-state index in [4.69, 9.17) is 5.21 Å². The van der Waals surface area contributed by atoms with Gasteiger partial charge in [0.15, 0.2) is 0 Å². The number of alkyl halides is 3. The molecule has 0 aromatic carbocycles. The Hall–Kier alpha value is -1.46. The fraction of sp³-hybridized carbons (Fsp3) is 0.286. The van der Waals surface area contributed by atoms with E-state index in [1.807, 2.05) is 0 Å². The van der Waals surface area contributed by atoms with Gasteiger partial charge in [0.1, 0.15) is 0 Å². The predicted octanol–water partition coefficient (Wildman–Crippen LogP) is 1.77. The number of aromatic nitrogens is 1. The number of halogens is 3. The number of nitrogens with zero attached hydrogens (tertiary/aromatic N) is 2. The lowest BCUT2D eigenvalue weighted by molar-refractivity contribution is -0.0604. The first-order valence-electron chi connectivity index (χ1n) is 3.37. The van der Waals surface area contributed by atoms with E-state index >= 15 is 0 Å². The van der Waals surface area contributed by atoms with E-state index in [1.165, 1.54) is 29.9 Å². The van der Waals surface area contributed by atoms with Gasteiger partial charge in [-0.1, -0.05) is 5.16 Å². The van der Waals surface area contributed by atoms with Gasteiger partial charge in [0.2, 0.25) is 5.71 Å². The zero-order chi connectivity index (χ0) is 10.1. The lowest BCUT2D eigenvalue weighted by atomic mass is 10.2. The van der Waals surface area contributed by atoms with Crippen LogP contribution in [0.4, 0.5) is 13.2 Å². The van der Waals surface area contributed by atoms with Crippen molar-refractivity contribution in [2.45, 2.75) is 6.18 Å². The van der Waals surface area contributed by atoms with E-state index in [2.05, 4.69) is 5.16 Å². The molecule has 0 radical (unpaired) electrons. The standard InChI is InChI=1S/C7H7F3N2O/c1-12-4-2-3-5(12)6(11-13)7(8,9)10/h2-4,13H,1H3. The molecular weight excluding hydrogens is 185 g/mol. The first-order chi connectivity index (χ1) is 5.96. The Balaban J connectivity index is 3.14. The Kier molecular flexibility index (Phi) is 2.31. The summed E-state index contributed by atoms with van der Waals surface area (Å²) < 4.78 is 37.7. The summed E-state index contributed by atoms with van der Waals surface area (Å²) in [6.45, 7) is 0. The molecule has 1 N–H and O–H groups in total. The minimum atomic E-state index is -4.64. The van der Waals surface area contributed by atoms with Crippen molar-refractivity contribution in [3.63, 3.8) is 0 Å². The quantitative estimate of drug-likeness (QED) is 0.411. The van der Waals surface area contributed by atoms with Gasteiger partial charge in [-0.25, -0.2) is 0 Å². The molecule has 1 aromatic heterocycles. The molecule has 3 nitrogen and oxygen atoms in total. The maximum Gasteiger partial charge on any atom is 0.438 e. The van der Waals surface area contributed by atoms with Crippen LogP contribution in [0, 0.1) is 0 Å². The molecule has 0 fully saturated rings. The topological polar surface area (TPSA) is 37.5 Å². The summed E-state index contributed by atoms with van der Waals surface area (Å²) in [5, 5.41) is 10.4. The Bertz CT molecular complexity index is 327. The lowest BCUT2D eigenvalue weighted by Gasteiger charge is -2.08. The van der Waals surface area contributed by atoms with Crippen molar-refractivity contribution in [1.82, 2.24) is 4.57 Å². The Morgan fingerprint density at radius 3 is 2.46 bits per heavy atom. The van der Waals surface area contributed by atoms with Crippen molar-refractivity contribution in [3.8, 4) is 0 Å². The third kappa shape index (κ3) is 1.82. The highest BCUT2D eigenvalue weighted by Crippen LogP contribution is 2.22. The number of hydrogen-bond donors (Lipinski definition) is 1. The molecule has 6 heteroatoms. The molecule has 0 saturated carbocycles. The van der Waals surface area contributed by atoms with Crippen LogP contribution in [0.25, 0.3) is 0 Å². The van der Waals surface area contributed by atoms with E-state index in [-0.39, 0.29) is 5.69 Å². The molecule has 0 aliphatic heterocycles. The van der Waals surface area contributed by atoms with Gasteiger partial charge in [-0.2, -0.15) is 13.2 Å². The summed E-state index contributed by atoms with van der Waals surface area (Å²) in [7, 11) is 1.44. The first kappa shape index (κ1) is 9.63. The van der Waals surface area contributed by atoms with Crippen molar-refractivity contribution in [2.75, 3.05) is 0 Å². The van der Waals surface area contributed by atoms with Gasteiger partial charge in [-0.3, -0.25) is 0 Å². The molecule has 0 atom stereocenters. The molecule has 0 spiro atoms. The molecule has 13 heavy (non-hydrogen) atoms. The second-order valence-electron chi connectivity index (χ2n) is 2.45. The minimum absolute atomic E-state index is 0.171. The summed E-state index contributed by atoms with van der Waals surface area (Å²) in [5.74, 6) is 0. The van der Waals surface area contributed by atoms with Crippen molar-refractivity contribution >= 4 is 5.71 Å². The lowest BCUT2D eigenvalue weighted by Crippen LogP contribution is -2.26. The maximum atomic E-state index is 12.2. The van der Waals surface area contributed by atoms with Crippen LogP contribution in [0.5, 0.6) is 0 Å². The van der Waals surface area contributed by atoms with E-state index in [0.29, 0.717) is 0 Å².